The Morgan fingerprint density at radius 1 is 0.853 bits per heavy atom. The molecule has 0 saturated carbocycles. The van der Waals surface area contributed by atoms with Crippen molar-refractivity contribution in [3.05, 3.63) is 118 Å². The van der Waals surface area contributed by atoms with E-state index in [2.05, 4.69) is 19.7 Å². The second kappa shape index (κ2) is 9.66. The highest BCUT2D eigenvalue weighted by atomic mass is 35.5. The van der Waals surface area contributed by atoms with Crippen molar-refractivity contribution >= 4 is 39.0 Å². The summed E-state index contributed by atoms with van der Waals surface area (Å²) < 4.78 is 39.7. The van der Waals surface area contributed by atoms with E-state index in [1.54, 1.807) is 54.9 Å². The maximum Gasteiger partial charge on any atom is 0.230 e. The van der Waals surface area contributed by atoms with Gasteiger partial charge in [-0.3, -0.25) is 4.72 Å². The molecule has 3 heterocycles. The Morgan fingerprint density at radius 3 is 1.91 bits per heavy atom. The normalized spacial score (nSPS) is 11.9. The van der Waals surface area contributed by atoms with Gasteiger partial charge in [-0.15, -0.1) is 0 Å². The van der Waals surface area contributed by atoms with E-state index >= 15 is 0 Å². The van der Waals surface area contributed by atoms with Crippen molar-refractivity contribution in [2.45, 2.75) is 11.8 Å². The number of sulfonamides is 1. The molecule has 0 saturated heterocycles. The Bertz CT molecular complexity index is 1290. The molecule has 4 rings (SSSR count). The molecule has 0 amide bonds. The van der Waals surface area contributed by atoms with Gasteiger partial charge in [0.1, 0.15) is 21.9 Å². The molecule has 0 spiro atoms. The first kappa shape index (κ1) is 24.1. The second-order valence-corrected chi connectivity index (χ2v) is 10.2. The summed E-state index contributed by atoms with van der Waals surface area (Å²) in [6.07, 6.45) is 4.64. The number of pyridine rings is 3. The zero-order valence-corrected chi connectivity index (χ0v) is 20.2. The van der Waals surface area contributed by atoms with E-state index in [4.69, 9.17) is 23.2 Å². The summed E-state index contributed by atoms with van der Waals surface area (Å²) >= 11 is 12.1. The summed E-state index contributed by atoms with van der Waals surface area (Å²) in [5.41, 5.74) is 1.94. The van der Waals surface area contributed by atoms with E-state index in [9.17, 15) is 12.8 Å². The minimum atomic E-state index is -3.51. The van der Waals surface area contributed by atoms with Crippen LogP contribution in [0.4, 0.5) is 10.2 Å². The molecule has 6 nitrogen and oxygen atoms in total. The molecule has 3 aromatic heterocycles. The molecule has 4 aromatic rings. The van der Waals surface area contributed by atoms with Crippen molar-refractivity contribution in [3.63, 3.8) is 0 Å². The molecule has 0 aliphatic heterocycles. The minimum Gasteiger partial charge on any atom is -0.268 e. The number of nitrogens with one attached hydrogen (secondary N) is 1. The molecule has 34 heavy (non-hydrogen) atoms. The molecule has 10 heteroatoms. The van der Waals surface area contributed by atoms with Gasteiger partial charge in [0.05, 0.1) is 11.7 Å². The summed E-state index contributed by atoms with van der Waals surface area (Å²) in [4.78, 5) is 13.1. The first-order valence-corrected chi connectivity index (χ1v) is 12.7. The molecule has 174 valence electrons. The number of rotatable bonds is 7. The van der Waals surface area contributed by atoms with Crippen LogP contribution in [0.15, 0.2) is 79.1 Å². The van der Waals surface area contributed by atoms with Crippen LogP contribution in [0.5, 0.6) is 0 Å². The summed E-state index contributed by atoms with van der Waals surface area (Å²) in [6, 6.07) is 18.2. The Kier molecular flexibility index (Phi) is 6.84. The van der Waals surface area contributed by atoms with Gasteiger partial charge in [0.25, 0.3) is 0 Å². The SMILES string of the molecule is CS(=O)(=O)Nc1cccc(CC(c2ccc(F)cc2)(c2ccc(Cl)nc2)c2ccc(Cl)nc2)n1. The number of benzene rings is 1. The molecular weight excluding hydrogens is 498 g/mol. The van der Waals surface area contributed by atoms with Crippen LogP contribution in [0.2, 0.25) is 10.3 Å². The number of aromatic nitrogens is 3. The fourth-order valence-corrected chi connectivity index (χ4v) is 4.61. The van der Waals surface area contributed by atoms with Crippen LogP contribution < -0.4 is 4.72 Å². The van der Waals surface area contributed by atoms with E-state index in [-0.39, 0.29) is 18.1 Å². The van der Waals surface area contributed by atoms with Crippen LogP contribution in [0, 0.1) is 5.82 Å². The highest BCUT2D eigenvalue weighted by Gasteiger charge is 2.38. The highest BCUT2D eigenvalue weighted by Crippen LogP contribution is 2.42. The standard InChI is InChI=1S/C24H19Cl2FN4O2S/c1-34(32,33)31-23-4-2-3-20(30-23)13-24(16-5-9-19(27)10-6-16,17-7-11-21(25)28-14-17)18-8-12-22(26)29-15-18/h2-12,14-15H,13H2,1H3,(H,30,31). The largest absolute Gasteiger partial charge is 0.268 e. The Morgan fingerprint density at radius 2 is 1.41 bits per heavy atom. The fraction of sp³-hybridized carbons (Fsp3) is 0.125. The maximum atomic E-state index is 13.9. The third-order valence-corrected chi connectivity index (χ3v) is 6.35. The zero-order chi connectivity index (χ0) is 24.3. The monoisotopic (exact) mass is 516 g/mol. The summed E-state index contributed by atoms with van der Waals surface area (Å²) in [5.74, 6) is -0.185. The van der Waals surface area contributed by atoms with Crippen LogP contribution >= 0.6 is 23.2 Å². The molecule has 0 radical (unpaired) electrons. The molecule has 0 atom stereocenters. The number of nitrogens with zero attached hydrogens (tertiary/aromatic N) is 3. The molecule has 0 aliphatic rings. The van der Waals surface area contributed by atoms with Crippen molar-refractivity contribution in [3.8, 4) is 0 Å². The smallest absolute Gasteiger partial charge is 0.230 e. The lowest BCUT2D eigenvalue weighted by Gasteiger charge is -2.35. The fourth-order valence-electron chi connectivity index (χ4n) is 3.89. The van der Waals surface area contributed by atoms with Crippen LogP contribution in [0.3, 0.4) is 0 Å². The average Bonchev–Trinajstić information content (AvgIpc) is 2.78. The molecule has 0 bridgehead atoms. The minimum absolute atomic E-state index is 0.191. The molecule has 1 aromatic carbocycles. The topological polar surface area (TPSA) is 84.8 Å². The van der Waals surface area contributed by atoms with Gasteiger partial charge in [0, 0.05) is 24.5 Å². The van der Waals surface area contributed by atoms with Gasteiger partial charge in [-0.25, -0.2) is 27.8 Å². The van der Waals surface area contributed by atoms with Gasteiger partial charge in [-0.05, 0) is 53.1 Å². The average molecular weight is 517 g/mol. The quantitative estimate of drug-likeness (QED) is 0.338. The Labute approximate surface area is 206 Å². The summed E-state index contributed by atoms with van der Waals surface area (Å²) in [7, 11) is -3.51. The lowest BCUT2D eigenvalue weighted by atomic mass is 9.67. The summed E-state index contributed by atoms with van der Waals surface area (Å²) in [5, 5.41) is 0.645. The molecule has 0 unspecified atom stereocenters. The lowest BCUT2D eigenvalue weighted by molar-refractivity contribution is 0.590. The number of halogens is 3. The number of hydrogen-bond donors (Lipinski definition) is 1. The van der Waals surface area contributed by atoms with E-state index in [0.717, 1.165) is 22.9 Å². The lowest BCUT2D eigenvalue weighted by Crippen LogP contribution is -2.33. The third-order valence-electron chi connectivity index (χ3n) is 5.32. The predicted octanol–water partition coefficient (Wildman–Crippen LogP) is 5.27. The summed E-state index contributed by atoms with van der Waals surface area (Å²) in [6.45, 7) is 0. The Balaban J connectivity index is 1.96. The van der Waals surface area contributed by atoms with Gasteiger partial charge in [0.15, 0.2) is 0 Å². The highest BCUT2D eigenvalue weighted by molar-refractivity contribution is 7.92. The number of anilines is 1. The van der Waals surface area contributed by atoms with Gasteiger partial charge >= 0.3 is 0 Å². The Hall–Kier alpha value is -3.07. The number of hydrogen-bond acceptors (Lipinski definition) is 5. The third kappa shape index (κ3) is 5.35. The van der Waals surface area contributed by atoms with Crippen LogP contribution in [0.25, 0.3) is 0 Å². The van der Waals surface area contributed by atoms with Crippen LogP contribution in [-0.4, -0.2) is 29.6 Å². The van der Waals surface area contributed by atoms with Crippen molar-refractivity contribution in [1.82, 2.24) is 15.0 Å². The van der Waals surface area contributed by atoms with E-state index in [1.807, 2.05) is 12.1 Å². The van der Waals surface area contributed by atoms with Crippen molar-refractivity contribution < 1.29 is 12.8 Å². The van der Waals surface area contributed by atoms with Gasteiger partial charge in [-0.1, -0.05) is 53.5 Å². The van der Waals surface area contributed by atoms with Gasteiger partial charge in [0.2, 0.25) is 10.0 Å². The molecule has 0 aliphatic carbocycles. The van der Waals surface area contributed by atoms with Gasteiger partial charge < -0.3 is 0 Å². The first-order chi connectivity index (χ1) is 16.2. The van der Waals surface area contributed by atoms with E-state index in [0.29, 0.717) is 16.0 Å². The van der Waals surface area contributed by atoms with Crippen molar-refractivity contribution in [2.24, 2.45) is 0 Å². The zero-order valence-electron chi connectivity index (χ0n) is 17.9. The van der Waals surface area contributed by atoms with E-state index in [1.165, 1.54) is 12.1 Å². The van der Waals surface area contributed by atoms with Crippen LogP contribution in [-0.2, 0) is 21.9 Å². The van der Waals surface area contributed by atoms with Gasteiger partial charge in [-0.2, -0.15) is 0 Å². The first-order valence-electron chi connectivity index (χ1n) is 10.1. The molecular formula is C24H19Cl2FN4O2S. The van der Waals surface area contributed by atoms with E-state index < -0.39 is 15.4 Å². The predicted molar refractivity (Wildman–Crippen MR) is 131 cm³/mol. The second-order valence-electron chi connectivity index (χ2n) is 7.72. The van der Waals surface area contributed by atoms with Crippen LogP contribution in [0.1, 0.15) is 22.4 Å². The van der Waals surface area contributed by atoms with Crippen molar-refractivity contribution in [1.29, 1.82) is 0 Å². The molecule has 1 N–H and O–H groups in total. The molecule has 0 fully saturated rings. The van der Waals surface area contributed by atoms with Crippen molar-refractivity contribution in [2.75, 3.05) is 11.0 Å². The maximum absolute atomic E-state index is 13.9.